The van der Waals surface area contributed by atoms with Gasteiger partial charge in [0, 0.05) is 12.5 Å². The first-order chi connectivity index (χ1) is 6.91. The zero-order valence-electron chi connectivity index (χ0n) is 10.6. The Morgan fingerprint density at radius 1 is 1.40 bits per heavy atom. The highest BCUT2D eigenvalue weighted by Gasteiger charge is 2.18. The average Bonchev–Trinajstić information content (AvgIpc) is 2.15. The van der Waals surface area contributed by atoms with Crippen molar-refractivity contribution in [3.63, 3.8) is 0 Å². The Morgan fingerprint density at radius 2 is 2.00 bits per heavy atom. The van der Waals surface area contributed by atoms with Crippen molar-refractivity contribution in [3.05, 3.63) is 0 Å². The number of nitrogens with two attached hydrogens (primary N) is 1. The van der Waals surface area contributed by atoms with Crippen molar-refractivity contribution in [1.82, 2.24) is 5.32 Å². The predicted molar refractivity (Wildman–Crippen MR) is 64.6 cm³/mol. The highest BCUT2D eigenvalue weighted by molar-refractivity contribution is 5.76. The summed E-state index contributed by atoms with van der Waals surface area (Å²) >= 11 is 0. The maximum absolute atomic E-state index is 11.5. The lowest BCUT2D eigenvalue weighted by molar-refractivity contribution is -0.122. The van der Waals surface area contributed by atoms with E-state index in [9.17, 15) is 4.79 Å². The molecule has 0 fully saturated rings. The molecule has 0 aliphatic heterocycles. The standard InChI is InChI=1S/C12H26N2O/c1-5-10(2)14-11(15)6-7-12(3,4)8-9-13/h10H,5-9,13H2,1-4H3,(H,14,15). The number of nitrogens with one attached hydrogen (secondary N) is 1. The van der Waals surface area contributed by atoms with Crippen molar-refractivity contribution in [2.24, 2.45) is 11.1 Å². The van der Waals surface area contributed by atoms with Crippen LogP contribution in [0.2, 0.25) is 0 Å². The summed E-state index contributed by atoms with van der Waals surface area (Å²) < 4.78 is 0. The Labute approximate surface area is 93.8 Å². The van der Waals surface area contributed by atoms with Gasteiger partial charge < -0.3 is 11.1 Å². The first kappa shape index (κ1) is 14.4. The molecule has 1 atom stereocenters. The highest BCUT2D eigenvalue weighted by Crippen LogP contribution is 2.25. The first-order valence-corrected chi connectivity index (χ1v) is 5.90. The molecule has 0 bridgehead atoms. The zero-order valence-corrected chi connectivity index (χ0v) is 10.6. The minimum atomic E-state index is 0.162. The molecule has 0 aromatic heterocycles. The Hall–Kier alpha value is -0.570. The van der Waals surface area contributed by atoms with Gasteiger partial charge in [-0.25, -0.2) is 0 Å². The molecule has 0 saturated heterocycles. The van der Waals surface area contributed by atoms with Crippen LogP contribution in [0.4, 0.5) is 0 Å². The van der Waals surface area contributed by atoms with Gasteiger partial charge in [-0.1, -0.05) is 20.8 Å². The van der Waals surface area contributed by atoms with E-state index in [4.69, 9.17) is 5.73 Å². The summed E-state index contributed by atoms with van der Waals surface area (Å²) in [7, 11) is 0. The molecular formula is C12H26N2O. The second-order valence-corrected chi connectivity index (χ2v) is 5.08. The fourth-order valence-corrected chi connectivity index (χ4v) is 1.42. The van der Waals surface area contributed by atoms with E-state index in [-0.39, 0.29) is 17.4 Å². The second kappa shape index (κ2) is 6.83. The molecule has 0 rings (SSSR count). The molecule has 0 heterocycles. The van der Waals surface area contributed by atoms with E-state index in [2.05, 4.69) is 26.1 Å². The smallest absolute Gasteiger partial charge is 0.220 e. The summed E-state index contributed by atoms with van der Waals surface area (Å²) in [6, 6.07) is 0.287. The average molecular weight is 214 g/mol. The van der Waals surface area contributed by atoms with E-state index in [0.29, 0.717) is 13.0 Å². The van der Waals surface area contributed by atoms with Crippen LogP contribution in [0.3, 0.4) is 0 Å². The molecule has 0 aromatic carbocycles. The summed E-state index contributed by atoms with van der Waals surface area (Å²) in [4.78, 5) is 11.5. The Bertz CT molecular complexity index is 190. The molecule has 0 aliphatic rings. The Morgan fingerprint density at radius 3 is 2.47 bits per heavy atom. The van der Waals surface area contributed by atoms with Crippen molar-refractivity contribution in [3.8, 4) is 0 Å². The Balaban J connectivity index is 3.79. The van der Waals surface area contributed by atoms with Gasteiger partial charge in [0.1, 0.15) is 0 Å². The number of hydrogen-bond acceptors (Lipinski definition) is 2. The second-order valence-electron chi connectivity index (χ2n) is 5.08. The molecule has 0 radical (unpaired) electrons. The topological polar surface area (TPSA) is 55.1 Å². The van der Waals surface area contributed by atoms with Crippen LogP contribution >= 0.6 is 0 Å². The number of hydrogen-bond donors (Lipinski definition) is 2. The minimum Gasteiger partial charge on any atom is -0.354 e. The number of amides is 1. The summed E-state index contributed by atoms with van der Waals surface area (Å²) in [5, 5.41) is 2.97. The van der Waals surface area contributed by atoms with Gasteiger partial charge in [0.25, 0.3) is 0 Å². The third-order valence-corrected chi connectivity index (χ3v) is 2.87. The van der Waals surface area contributed by atoms with Crippen molar-refractivity contribution >= 4 is 5.91 Å². The lowest BCUT2D eigenvalue weighted by Gasteiger charge is -2.23. The lowest BCUT2D eigenvalue weighted by Crippen LogP contribution is -2.32. The molecule has 3 heteroatoms. The van der Waals surface area contributed by atoms with Gasteiger partial charge in [0.15, 0.2) is 0 Å². The van der Waals surface area contributed by atoms with Crippen LogP contribution in [0.25, 0.3) is 0 Å². The molecule has 0 saturated carbocycles. The van der Waals surface area contributed by atoms with Crippen molar-refractivity contribution in [2.75, 3.05) is 6.54 Å². The van der Waals surface area contributed by atoms with E-state index in [1.807, 2.05) is 6.92 Å². The van der Waals surface area contributed by atoms with Crippen LogP contribution in [0, 0.1) is 5.41 Å². The maximum atomic E-state index is 11.5. The molecule has 1 amide bonds. The van der Waals surface area contributed by atoms with Crippen LogP contribution in [0.5, 0.6) is 0 Å². The summed E-state index contributed by atoms with van der Waals surface area (Å²) in [5.41, 5.74) is 5.70. The highest BCUT2D eigenvalue weighted by atomic mass is 16.1. The predicted octanol–water partition coefficient (Wildman–Crippen LogP) is 2.06. The Kier molecular flexibility index (Phi) is 6.57. The molecule has 90 valence electrons. The van der Waals surface area contributed by atoms with Crippen molar-refractivity contribution in [1.29, 1.82) is 0 Å². The lowest BCUT2D eigenvalue weighted by atomic mass is 9.84. The van der Waals surface area contributed by atoms with Gasteiger partial charge in [0.2, 0.25) is 5.91 Å². The van der Waals surface area contributed by atoms with Gasteiger partial charge in [-0.15, -0.1) is 0 Å². The van der Waals surface area contributed by atoms with Crippen LogP contribution in [-0.4, -0.2) is 18.5 Å². The van der Waals surface area contributed by atoms with Crippen molar-refractivity contribution in [2.45, 2.75) is 59.4 Å². The fraction of sp³-hybridized carbons (Fsp3) is 0.917. The van der Waals surface area contributed by atoms with Crippen LogP contribution in [0.15, 0.2) is 0 Å². The third-order valence-electron chi connectivity index (χ3n) is 2.87. The normalized spacial score (nSPS) is 13.7. The number of carbonyl (C=O) groups excluding carboxylic acids is 1. The van der Waals surface area contributed by atoms with E-state index < -0.39 is 0 Å². The van der Waals surface area contributed by atoms with Crippen LogP contribution in [-0.2, 0) is 4.79 Å². The monoisotopic (exact) mass is 214 g/mol. The van der Waals surface area contributed by atoms with E-state index in [1.165, 1.54) is 0 Å². The molecule has 0 spiro atoms. The molecule has 15 heavy (non-hydrogen) atoms. The largest absolute Gasteiger partial charge is 0.354 e. The number of rotatable bonds is 7. The molecule has 3 nitrogen and oxygen atoms in total. The third kappa shape index (κ3) is 7.37. The molecule has 0 aliphatic carbocycles. The maximum Gasteiger partial charge on any atom is 0.220 e. The molecule has 1 unspecified atom stereocenters. The van der Waals surface area contributed by atoms with Gasteiger partial charge in [0.05, 0.1) is 0 Å². The van der Waals surface area contributed by atoms with Crippen LogP contribution in [0.1, 0.15) is 53.4 Å². The van der Waals surface area contributed by atoms with Crippen molar-refractivity contribution < 1.29 is 4.79 Å². The first-order valence-electron chi connectivity index (χ1n) is 5.90. The van der Waals surface area contributed by atoms with E-state index in [0.717, 1.165) is 19.3 Å². The zero-order chi connectivity index (χ0) is 11.9. The summed E-state index contributed by atoms with van der Waals surface area (Å²) in [5.74, 6) is 0.162. The van der Waals surface area contributed by atoms with Gasteiger partial charge in [-0.2, -0.15) is 0 Å². The molecule has 3 N–H and O–H groups in total. The quantitative estimate of drug-likeness (QED) is 0.681. The summed E-state index contributed by atoms with van der Waals surface area (Å²) in [6.45, 7) is 9.12. The SMILES string of the molecule is CCC(C)NC(=O)CCC(C)(C)CCN. The van der Waals surface area contributed by atoms with Gasteiger partial charge in [-0.05, 0) is 38.1 Å². The minimum absolute atomic E-state index is 0.162. The van der Waals surface area contributed by atoms with E-state index >= 15 is 0 Å². The van der Waals surface area contributed by atoms with Gasteiger partial charge in [-0.3, -0.25) is 4.79 Å². The molecular weight excluding hydrogens is 188 g/mol. The summed E-state index contributed by atoms with van der Waals surface area (Å²) in [6.07, 6.45) is 3.48. The van der Waals surface area contributed by atoms with E-state index in [1.54, 1.807) is 0 Å². The van der Waals surface area contributed by atoms with Gasteiger partial charge >= 0.3 is 0 Å². The van der Waals surface area contributed by atoms with Crippen LogP contribution < -0.4 is 11.1 Å². The fourth-order valence-electron chi connectivity index (χ4n) is 1.42. The molecule has 0 aromatic rings. The number of carbonyl (C=O) groups is 1.